The van der Waals surface area contributed by atoms with E-state index in [-0.39, 0.29) is 43.3 Å². The number of nitrogens with one attached hydrogen (secondary N) is 1. The molecule has 2 atom stereocenters. The van der Waals surface area contributed by atoms with Gasteiger partial charge in [-0.2, -0.15) is 0 Å². The quantitative estimate of drug-likeness (QED) is 0.719. The fraction of sp³-hybridized carbons (Fsp3) is 0.500. The summed E-state index contributed by atoms with van der Waals surface area (Å²) in [6.45, 7) is 3.75. The predicted octanol–water partition coefficient (Wildman–Crippen LogP) is 1.58. The number of fused-ring (bicyclic) bond motifs is 1. The number of hydrogen-bond donors (Lipinski definition) is 2. The molecule has 0 saturated carbocycles. The molecule has 0 bridgehead atoms. The molecule has 2 rings (SSSR count). The van der Waals surface area contributed by atoms with Crippen molar-refractivity contribution in [3.05, 3.63) is 29.5 Å². The first-order chi connectivity index (χ1) is 12.9. The van der Waals surface area contributed by atoms with E-state index >= 15 is 0 Å². The van der Waals surface area contributed by atoms with Gasteiger partial charge in [-0.15, -0.1) is 0 Å². The van der Waals surface area contributed by atoms with Crippen LogP contribution in [-0.2, 0) is 16.0 Å². The first-order valence-corrected chi connectivity index (χ1v) is 9.06. The fourth-order valence-electron chi connectivity index (χ4n) is 2.96. The van der Waals surface area contributed by atoms with Gasteiger partial charge in [0.05, 0.1) is 33.3 Å². The van der Waals surface area contributed by atoms with Crippen LogP contribution in [0.3, 0.4) is 0 Å². The van der Waals surface area contributed by atoms with Crippen LogP contribution >= 0.6 is 0 Å². The van der Waals surface area contributed by atoms with Gasteiger partial charge in [-0.25, -0.2) is 0 Å². The van der Waals surface area contributed by atoms with Crippen molar-refractivity contribution in [1.82, 2.24) is 10.2 Å². The zero-order valence-corrected chi connectivity index (χ0v) is 16.3. The van der Waals surface area contributed by atoms with Crippen molar-refractivity contribution < 1.29 is 24.2 Å². The topological polar surface area (TPSA) is 88.1 Å². The molecular formula is C20H28N2O5. The normalized spacial score (nSPS) is 15.6. The number of ether oxygens (including phenoxy) is 2. The van der Waals surface area contributed by atoms with Crippen LogP contribution in [-0.4, -0.2) is 55.2 Å². The molecule has 0 aliphatic carbocycles. The highest BCUT2D eigenvalue weighted by Gasteiger charge is 2.23. The second kappa shape index (κ2) is 9.41. The molecule has 0 fully saturated rings. The highest BCUT2D eigenvalue weighted by molar-refractivity contribution is 5.89. The van der Waals surface area contributed by atoms with Gasteiger partial charge in [0.25, 0.3) is 0 Å². The van der Waals surface area contributed by atoms with E-state index < -0.39 is 0 Å². The Balaban J connectivity index is 2.12. The molecule has 1 aliphatic heterocycles. The number of carbonyl (C=O) groups is 2. The zero-order chi connectivity index (χ0) is 20.0. The van der Waals surface area contributed by atoms with Crippen LogP contribution < -0.4 is 14.8 Å². The van der Waals surface area contributed by atoms with Crippen molar-refractivity contribution in [1.29, 1.82) is 0 Å². The van der Waals surface area contributed by atoms with Crippen molar-refractivity contribution in [3.8, 4) is 11.5 Å². The Bertz CT molecular complexity index is 717. The predicted molar refractivity (Wildman–Crippen MR) is 102 cm³/mol. The minimum Gasteiger partial charge on any atom is -0.493 e. The number of rotatable bonds is 8. The van der Waals surface area contributed by atoms with E-state index in [0.717, 1.165) is 17.5 Å². The van der Waals surface area contributed by atoms with Crippen molar-refractivity contribution in [2.45, 2.75) is 32.7 Å². The summed E-state index contributed by atoms with van der Waals surface area (Å²) < 4.78 is 10.6. The Morgan fingerprint density at radius 3 is 2.56 bits per heavy atom. The first kappa shape index (κ1) is 20.8. The molecule has 0 aromatic heterocycles. The summed E-state index contributed by atoms with van der Waals surface area (Å²) in [6.07, 6.45) is 4.39. The molecule has 27 heavy (non-hydrogen) atoms. The lowest BCUT2D eigenvalue weighted by Crippen LogP contribution is -2.46. The maximum Gasteiger partial charge on any atom is 0.240 e. The molecule has 0 spiro atoms. The largest absolute Gasteiger partial charge is 0.493 e. The molecule has 1 heterocycles. The maximum atomic E-state index is 12.6. The highest BCUT2D eigenvalue weighted by Crippen LogP contribution is 2.32. The number of amides is 2. The minimum absolute atomic E-state index is 0.0927. The number of carbonyl (C=O) groups excluding carboxylic acids is 2. The van der Waals surface area contributed by atoms with Gasteiger partial charge in [-0.05, 0) is 35.3 Å². The molecule has 1 aromatic rings. The van der Waals surface area contributed by atoms with E-state index in [4.69, 9.17) is 9.47 Å². The van der Waals surface area contributed by atoms with Crippen LogP contribution in [0.4, 0.5) is 0 Å². The average Bonchev–Trinajstić information content (AvgIpc) is 2.82. The maximum absolute atomic E-state index is 12.6. The van der Waals surface area contributed by atoms with E-state index in [1.165, 1.54) is 4.90 Å². The average molecular weight is 376 g/mol. The van der Waals surface area contributed by atoms with Gasteiger partial charge in [-0.3, -0.25) is 9.59 Å². The summed E-state index contributed by atoms with van der Waals surface area (Å²) >= 11 is 0. The molecule has 0 unspecified atom stereocenters. The van der Waals surface area contributed by atoms with Crippen molar-refractivity contribution in [3.63, 3.8) is 0 Å². The summed E-state index contributed by atoms with van der Waals surface area (Å²) in [7, 11) is 3.10. The van der Waals surface area contributed by atoms with Gasteiger partial charge in [0.15, 0.2) is 11.5 Å². The fourth-order valence-corrected chi connectivity index (χ4v) is 2.96. The number of methoxy groups -OCH3 is 2. The second-order valence-electron chi connectivity index (χ2n) is 6.66. The van der Waals surface area contributed by atoms with E-state index in [1.807, 2.05) is 19.9 Å². The van der Waals surface area contributed by atoms with E-state index in [2.05, 4.69) is 5.32 Å². The van der Waals surface area contributed by atoms with E-state index in [0.29, 0.717) is 11.5 Å². The first-order valence-electron chi connectivity index (χ1n) is 9.06. The SMILES string of the molecule is CC[C@H](C)[C@@H](CO)NC(=O)CN1C=Cc2cc(OC)c(OC)cc2CC1=O. The van der Waals surface area contributed by atoms with Gasteiger partial charge in [0.1, 0.15) is 6.54 Å². The summed E-state index contributed by atoms with van der Waals surface area (Å²) in [5, 5.41) is 12.3. The molecule has 1 aliphatic rings. The van der Waals surface area contributed by atoms with Crippen molar-refractivity contribution in [2.24, 2.45) is 5.92 Å². The summed E-state index contributed by atoms with van der Waals surface area (Å²) in [6, 6.07) is 3.27. The lowest BCUT2D eigenvalue weighted by Gasteiger charge is -2.24. The third kappa shape index (κ3) is 5.01. The molecule has 0 radical (unpaired) electrons. The smallest absolute Gasteiger partial charge is 0.240 e. The molecule has 2 amide bonds. The van der Waals surface area contributed by atoms with Crippen LogP contribution in [0.15, 0.2) is 18.3 Å². The molecule has 2 N–H and O–H groups in total. The zero-order valence-electron chi connectivity index (χ0n) is 16.3. The van der Waals surface area contributed by atoms with Crippen LogP contribution in [0.1, 0.15) is 31.4 Å². The number of benzene rings is 1. The standard InChI is InChI=1S/C20H28N2O5/c1-5-13(2)16(12-23)21-19(24)11-22-7-6-14-8-17(26-3)18(27-4)9-15(14)10-20(22)25/h6-9,13,16,23H,5,10-12H2,1-4H3,(H,21,24)/t13-,16+/m0/s1. The van der Waals surface area contributed by atoms with Gasteiger partial charge < -0.3 is 24.8 Å². The van der Waals surface area contributed by atoms with Crippen LogP contribution in [0.5, 0.6) is 11.5 Å². The lowest BCUT2D eigenvalue weighted by atomic mass is 10.00. The van der Waals surface area contributed by atoms with Gasteiger partial charge in [0, 0.05) is 6.20 Å². The Kier molecular flexibility index (Phi) is 7.24. The monoisotopic (exact) mass is 376 g/mol. The number of aliphatic hydroxyl groups excluding tert-OH is 1. The third-order valence-corrected chi connectivity index (χ3v) is 4.93. The molecule has 0 saturated heterocycles. The highest BCUT2D eigenvalue weighted by atomic mass is 16.5. The van der Waals surface area contributed by atoms with E-state index in [1.54, 1.807) is 32.6 Å². The minimum atomic E-state index is -0.320. The number of aliphatic hydroxyl groups is 1. The summed E-state index contributed by atoms with van der Waals surface area (Å²) in [5.41, 5.74) is 1.65. The number of hydrogen-bond acceptors (Lipinski definition) is 5. The number of nitrogens with zero attached hydrogens (tertiary/aromatic N) is 1. The Morgan fingerprint density at radius 1 is 1.30 bits per heavy atom. The third-order valence-electron chi connectivity index (χ3n) is 4.93. The van der Waals surface area contributed by atoms with Crippen LogP contribution in [0.2, 0.25) is 0 Å². The van der Waals surface area contributed by atoms with Crippen molar-refractivity contribution >= 4 is 17.9 Å². The van der Waals surface area contributed by atoms with Gasteiger partial charge in [0.2, 0.25) is 11.8 Å². The molecule has 148 valence electrons. The van der Waals surface area contributed by atoms with E-state index in [9.17, 15) is 14.7 Å². The van der Waals surface area contributed by atoms with Crippen molar-refractivity contribution in [2.75, 3.05) is 27.4 Å². The molecule has 7 heteroatoms. The summed E-state index contributed by atoms with van der Waals surface area (Å²) in [5.74, 6) is 0.810. The van der Waals surface area contributed by atoms with Gasteiger partial charge >= 0.3 is 0 Å². The van der Waals surface area contributed by atoms with Crippen LogP contribution in [0.25, 0.3) is 6.08 Å². The summed E-state index contributed by atoms with van der Waals surface area (Å²) in [4.78, 5) is 26.3. The second-order valence-corrected chi connectivity index (χ2v) is 6.66. The Morgan fingerprint density at radius 2 is 1.96 bits per heavy atom. The lowest BCUT2D eigenvalue weighted by molar-refractivity contribution is -0.133. The molecule has 1 aromatic carbocycles. The van der Waals surface area contributed by atoms with Crippen LogP contribution in [0, 0.1) is 5.92 Å². The molecule has 7 nitrogen and oxygen atoms in total. The van der Waals surface area contributed by atoms with Gasteiger partial charge in [-0.1, -0.05) is 20.3 Å². The molecular weight excluding hydrogens is 348 g/mol. The Hall–Kier alpha value is -2.54. The Labute approximate surface area is 159 Å².